The van der Waals surface area contributed by atoms with Gasteiger partial charge in [0.2, 0.25) is 0 Å². The lowest BCUT2D eigenvalue weighted by Crippen LogP contribution is -2.02. The van der Waals surface area contributed by atoms with E-state index in [1.165, 1.54) is 0 Å². The molecule has 5 heteroatoms. The number of nitrogens with one attached hydrogen (secondary N) is 1. The molecule has 0 saturated heterocycles. The molecule has 5 nitrogen and oxygen atoms in total. The zero-order chi connectivity index (χ0) is 14.5. The Kier molecular flexibility index (Phi) is 3.93. The van der Waals surface area contributed by atoms with Crippen molar-refractivity contribution < 1.29 is 5.11 Å². The average Bonchev–Trinajstić information content (AvgIpc) is 3.03. The molecule has 0 atom stereocenters. The Morgan fingerprint density at radius 2 is 1.76 bits per heavy atom. The van der Waals surface area contributed by atoms with Crippen LogP contribution in [-0.4, -0.2) is 20.1 Å². The molecule has 1 aromatic heterocycles. The Hall–Kier alpha value is -2.66. The summed E-state index contributed by atoms with van der Waals surface area (Å²) in [5.74, 6) is 0. The van der Waals surface area contributed by atoms with Gasteiger partial charge >= 0.3 is 0 Å². The Morgan fingerprint density at radius 1 is 1.00 bits per heavy atom. The molecule has 0 aliphatic carbocycles. The molecule has 106 valence electrons. The smallest absolute Gasteiger partial charge is 0.102 e. The summed E-state index contributed by atoms with van der Waals surface area (Å²) in [5, 5.41) is 21.0. The number of para-hydroxylation sites is 1. The maximum Gasteiger partial charge on any atom is 0.102 e. The molecule has 2 N–H and O–H groups in total. The molecule has 0 unspecified atom stereocenters. The summed E-state index contributed by atoms with van der Waals surface area (Å²) < 4.78 is 0. The lowest BCUT2D eigenvalue weighted by molar-refractivity contribution is 0.282. The summed E-state index contributed by atoms with van der Waals surface area (Å²) in [6.45, 7) is 0.664. The van der Waals surface area contributed by atoms with Gasteiger partial charge in [-0.3, -0.25) is 0 Å². The molecule has 0 aliphatic heterocycles. The predicted molar refractivity (Wildman–Crippen MR) is 81.1 cm³/mol. The predicted octanol–water partition coefficient (Wildman–Crippen LogP) is 2.37. The van der Waals surface area contributed by atoms with Gasteiger partial charge in [0.15, 0.2) is 0 Å². The topological polar surface area (TPSA) is 63.0 Å². The van der Waals surface area contributed by atoms with Gasteiger partial charge in [-0.2, -0.15) is 15.0 Å². The zero-order valence-electron chi connectivity index (χ0n) is 11.5. The largest absolute Gasteiger partial charge is 0.392 e. The van der Waals surface area contributed by atoms with Crippen molar-refractivity contribution in [2.24, 2.45) is 0 Å². The summed E-state index contributed by atoms with van der Waals surface area (Å²) in [4.78, 5) is 1.62. The summed E-state index contributed by atoms with van der Waals surface area (Å²) in [6.07, 6.45) is 1.75. The van der Waals surface area contributed by atoms with E-state index in [1.54, 1.807) is 11.0 Å². The first-order valence-corrected chi connectivity index (χ1v) is 6.75. The van der Waals surface area contributed by atoms with Crippen LogP contribution in [-0.2, 0) is 13.2 Å². The Bertz CT molecular complexity index is 692. The number of rotatable bonds is 5. The number of aliphatic hydroxyl groups excluding tert-OH is 1. The number of anilines is 1. The fourth-order valence-electron chi connectivity index (χ4n) is 1.98. The summed E-state index contributed by atoms with van der Waals surface area (Å²) in [5.41, 5.74) is 3.69. The van der Waals surface area contributed by atoms with E-state index in [2.05, 4.69) is 15.5 Å². The van der Waals surface area contributed by atoms with E-state index >= 15 is 0 Å². The van der Waals surface area contributed by atoms with E-state index in [-0.39, 0.29) is 6.61 Å². The van der Waals surface area contributed by atoms with Gasteiger partial charge in [0.25, 0.3) is 0 Å². The number of nitrogens with zero attached hydrogens (tertiary/aromatic N) is 3. The Balaban J connectivity index is 1.64. The summed E-state index contributed by atoms with van der Waals surface area (Å²) >= 11 is 0. The first kappa shape index (κ1) is 13.3. The molecule has 3 rings (SSSR count). The van der Waals surface area contributed by atoms with Crippen molar-refractivity contribution in [2.75, 3.05) is 5.32 Å². The normalized spacial score (nSPS) is 10.5. The lowest BCUT2D eigenvalue weighted by atomic mass is 10.2. The van der Waals surface area contributed by atoms with Crippen LogP contribution in [0, 0.1) is 0 Å². The molecule has 0 bridgehead atoms. The van der Waals surface area contributed by atoms with E-state index in [4.69, 9.17) is 5.11 Å². The monoisotopic (exact) mass is 280 g/mol. The third-order valence-electron chi connectivity index (χ3n) is 3.14. The standard InChI is InChI=1S/C16H16N4O/c21-12-13-6-8-14(9-7-13)17-10-15-11-18-20(19-15)16-4-2-1-3-5-16/h1-9,11,17,21H,10,12H2. The third-order valence-corrected chi connectivity index (χ3v) is 3.14. The SMILES string of the molecule is OCc1ccc(NCc2cnn(-c3ccccc3)n2)cc1. The van der Waals surface area contributed by atoms with E-state index in [1.807, 2.05) is 54.6 Å². The van der Waals surface area contributed by atoms with E-state index in [0.717, 1.165) is 22.6 Å². The van der Waals surface area contributed by atoms with Gasteiger partial charge in [-0.15, -0.1) is 0 Å². The third kappa shape index (κ3) is 3.27. The molecule has 0 fully saturated rings. The van der Waals surface area contributed by atoms with Crippen molar-refractivity contribution in [3.63, 3.8) is 0 Å². The fraction of sp³-hybridized carbons (Fsp3) is 0.125. The molecule has 0 spiro atoms. The van der Waals surface area contributed by atoms with Crippen molar-refractivity contribution in [1.29, 1.82) is 0 Å². The Labute approximate surface area is 122 Å². The highest BCUT2D eigenvalue weighted by Gasteiger charge is 2.02. The minimum atomic E-state index is 0.0612. The zero-order valence-corrected chi connectivity index (χ0v) is 11.5. The van der Waals surface area contributed by atoms with Gasteiger partial charge in [-0.25, -0.2) is 0 Å². The minimum absolute atomic E-state index is 0.0612. The second-order valence-electron chi connectivity index (χ2n) is 4.67. The van der Waals surface area contributed by atoms with Crippen LogP contribution in [0.15, 0.2) is 60.8 Å². The van der Waals surface area contributed by atoms with Crippen LogP contribution in [0.5, 0.6) is 0 Å². The lowest BCUT2D eigenvalue weighted by Gasteiger charge is -2.04. The van der Waals surface area contributed by atoms with E-state index in [9.17, 15) is 0 Å². The number of benzene rings is 2. The number of hydrogen-bond donors (Lipinski definition) is 2. The highest BCUT2D eigenvalue weighted by atomic mass is 16.3. The van der Waals surface area contributed by atoms with Crippen molar-refractivity contribution in [1.82, 2.24) is 15.0 Å². The molecular formula is C16H16N4O. The van der Waals surface area contributed by atoms with Crippen LogP contribution < -0.4 is 5.32 Å². The molecule has 0 radical (unpaired) electrons. The molecule has 2 aromatic carbocycles. The van der Waals surface area contributed by atoms with Crippen molar-refractivity contribution in [3.05, 3.63) is 72.1 Å². The second-order valence-corrected chi connectivity index (χ2v) is 4.67. The van der Waals surface area contributed by atoms with Gasteiger partial charge in [-0.05, 0) is 29.8 Å². The minimum Gasteiger partial charge on any atom is -0.392 e. The van der Waals surface area contributed by atoms with Crippen LogP contribution >= 0.6 is 0 Å². The van der Waals surface area contributed by atoms with Gasteiger partial charge in [0.1, 0.15) is 5.69 Å². The quantitative estimate of drug-likeness (QED) is 0.753. The van der Waals surface area contributed by atoms with Gasteiger partial charge in [0, 0.05) is 5.69 Å². The second kappa shape index (κ2) is 6.19. The maximum absolute atomic E-state index is 9.01. The van der Waals surface area contributed by atoms with Crippen molar-refractivity contribution in [2.45, 2.75) is 13.2 Å². The highest BCUT2D eigenvalue weighted by Crippen LogP contribution is 2.11. The molecule has 0 amide bonds. The van der Waals surface area contributed by atoms with Crippen LogP contribution in [0.3, 0.4) is 0 Å². The van der Waals surface area contributed by atoms with Crippen LogP contribution in [0.25, 0.3) is 5.69 Å². The summed E-state index contributed by atoms with van der Waals surface area (Å²) in [6, 6.07) is 17.5. The maximum atomic E-state index is 9.01. The van der Waals surface area contributed by atoms with Gasteiger partial charge < -0.3 is 10.4 Å². The number of hydrogen-bond acceptors (Lipinski definition) is 4. The summed E-state index contributed by atoms with van der Waals surface area (Å²) in [7, 11) is 0. The van der Waals surface area contributed by atoms with Crippen LogP contribution in [0.4, 0.5) is 5.69 Å². The highest BCUT2D eigenvalue weighted by molar-refractivity contribution is 5.44. The first-order valence-electron chi connectivity index (χ1n) is 6.75. The Morgan fingerprint density at radius 3 is 2.48 bits per heavy atom. The first-order chi connectivity index (χ1) is 10.3. The molecule has 0 aliphatic rings. The number of aromatic nitrogens is 3. The fourth-order valence-corrected chi connectivity index (χ4v) is 1.98. The van der Waals surface area contributed by atoms with Gasteiger partial charge in [-0.1, -0.05) is 30.3 Å². The van der Waals surface area contributed by atoms with Crippen LogP contribution in [0.1, 0.15) is 11.3 Å². The molecule has 3 aromatic rings. The molecule has 0 saturated carbocycles. The molecule has 1 heterocycles. The van der Waals surface area contributed by atoms with E-state index in [0.29, 0.717) is 6.54 Å². The molecule has 21 heavy (non-hydrogen) atoms. The van der Waals surface area contributed by atoms with Crippen molar-refractivity contribution >= 4 is 5.69 Å². The van der Waals surface area contributed by atoms with Crippen molar-refractivity contribution in [3.8, 4) is 5.69 Å². The average molecular weight is 280 g/mol. The molecular weight excluding hydrogens is 264 g/mol. The van der Waals surface area contributed by atoms with E-state index < -0.39 is 0 Å². The number of aliphatic hydroxyl groups is 1. The van der Waals surface area contributed by atoms with Crippen LogP contribution in [0.2, 0.25) is 0 Å². The van der Waals surface area contributed by atoms with Gasteiger partial charge in [0.05, 0.1) is 25.0 Å².